The van der Waals surface area contributed by atoms with E-state index in [0.29, 0.717) is 12.0 Å². The van der Waals surface area contributed by atoms with Crippen LogP contribution in [0.15, 0.2) is 42.5 Å². The Labute approximate surface area is 137 Å². The lowest BCUT2D eigenvalue weighted by Gasteiger charge is -2.43. The molecule has 2 aliphatic rings. The van der Waals surface area contributed by atoms with Crippen molar-refractivity contribution in [2.75, 3.05) is 19.0 Å². The minimum Gasteiger partial charge on any atom is -0.497 e. The van der Waals surface area contributed by atoms with E-state index >= 15 is 0 Å². The molecule has 0 unspecified atom stereocenters. The topological polar surface area (TPSA) is 30.5 Å². The van der Waals surface area contributed by atoms with Gasteiger partial charge in [-0.05, 0) is 43.5 Å². The highest BCUT2D eigenvalue weighted by atomic mass is 16.5. The van der Waals surface area contributed by atoms with Crippen LogP contribution in [0.5, 0.6) is 5.75 Å². The van der Waals surface area contributed by atoms with Crippen LogP contribution in [0.3, 0.4) is 0 Å². The summed E-state index contributed by atoms with van der Waals surface area (Å²) in [5.74, 6) is 1.38. The van der Waals surface area contributed by atoms with E-state index in [1.807, 2.05) is 12.1 Å². The predicted molar refractivity (Wildman–Crippen MR) is 92.0 cm³/mol. The maximum atomic E-state index is 6.20. The molecule has 3 nitrogen and oxygen atoms in total. The van der Waals surface area contributed by atoms with Crippen LogP contribution in [0.25, 0.3) is 0 Å². The molecule has 2 aromatic rings. The maximum absolute atomic E-state index is 6.20. The summed E-state index contributed by atoms with van der Waals surface area (Å²) in [7, 11) is 1.71. The van der Waals surface area contributed by atoms with Crippen LogP contribution in [-0.4, -0.2) is 13.7 Å². The van der Waals surface area contributed by atoms with Gasteiger partial charge in [0.1, 0.15) is 5.75 Å². The Kier molecular flexibility index (Phi) is 3.74. The molecule has 3 atom stereocenters. The fraction of sp³-hybridized carbons (Fsp3) is 0.400. The zero-order valence-electron chi connectivity index (χ0n) is 13.7. The van der Waals surface area contributed by atoms with Gasteiger partial charge in [-0.3, -0.25) is 0 Å². The molecular weight excluding hydrogens is 286 g/mol. The zero-order chi connectivity index (χ0) is 15.8. The monoisotopic (exact) mass is 309 g/mol. The number of hydrogen-bond acceptors (Lipinski definition) is 3. The van der Waals surface area contributed by atoms with Crippen LogP contribution in [0.2, 0.25) is 0 Å². The van der Waals surface area contributed by atoms with E-state index in [1.54, 1.807) is 7.11 Å². The van der Waals surface area contributed by atoms with Gasteiger partial charge >= 0.3 is 0 Å². The highest BCUT2D eigenvalue weighted by molar-refractivity contribution is 5.58. The average molecular weight is 309 g/mol. The normalized spacial score (nSPS) is 25.9. The Hall–Kier alpha value is -2.00. The third-order valence-corrected chi connectivity index (χ3v) is 5.10. The zero-order valence-corrected chi connectivity index (χ0v) is 13.7. The van der Waals surface area contributed by atoms with Gasteiger partial charge in [0.2, 0.25) is 0 Å². The first-order valence-electron chi connectivity index (χ1n) is 8.39. The first-order valence-corrected chi connectivity index (χ1v) is 8.39. The van der Waals surface area contributed by atoms with Crippen molar-refractivity contribution in [1.82, 2.24) is 0 Å². The number of hydrogen-bond donors (Lipinski definition) is 1. The Bertz CT molecular complexity index is 695. The van der Waals surface area contributed by atoms with Gasteiger partial charge in [-0.15, -0.1) is 0 Å². The Morgan fingerprint density at radius 1 is 1.13 bits per heavy atom. The second-order valence-corrected chi connectivity index (χ2v) is 6.58. The van der Waals surface area contributed by atoms with Crippen LogP contribution in [0.1, 0.15) is 41.7 Å². The highest BCUT2D eigenvalue weighted by Gasteiger charge is 2.39. The van der Waals surface area contributed by atoms with Crippen molar-refractivity contribution in [2.24, 2.45) is 5.92 Å². The van der Waals surface area contributed by atoms with E-state index < -0.39 is 0 Å². The first kappa shape index (κ1) is 14.6. The predicted octanol–water partition coefficient (Wildman–Crippen LogP) is 4.64. The van der Waals surface area contributed by atoms with Crippen LogP contribution in [-0.2, 0) is 4.74 Å². The third kappa shape index (κ3) is 2.59. The molecule has 1 saturated heterocycles. The number of methoxy groups -OCH3 is 1. The largest absolute Gasteiger partial charge is 0.497 e. The molecular formula is C20H23NO2. The number of benzene rings is 2. The summed E-state index contributed by atoms with van der Waals surface area (Å²) in [4.78, 5) is 0. The lowest BCUT2D eigenvalue weighted by Crippen LogP contribution is -2.36. The minimum atomic E-state index is 0.201. The first-order chi connectivity index (χ1) is 11.3. The van der Waals surface area contributed by atoms with Gasteiger partial charge in [0.15, 0.2) is 0 Å². The number of fused-ring (bicyclic) bond motifs is 3. The van der Waals surface area contributed by atoms with Gasteiger partial charge in [0.25, 0.3) is 0 Å². The average Bonchev–Trinajstić information content (AvgIpc) is 2.61. The summed E-state index contributed by atoms with van der Waals surface area (Å²) >= 11 is 0. The summed E-state index contributed by atoms with van der Waals surface area (Å²) in [5.41, 5.74) is 5.12. The van der Waals surface area contributed by atoms with Gasteiger partial charge < -0.3 is 14.8 Å². The molecule has 0 aliphatic carbocycles. The molecule has 3 heteroatoms. The van der Waals surface area contributed by atoms with Gasteiger partial charge in [0.05, 0.1) is 19.3 Å². The summed E-state index contributed by atoms with van der Waals surface area (Å²) < 4.78 is 11.5. The van der Waals surface area contributed by atoms with Crippen molar-refractivity contribution < 1.29 is 9.47 Å². The van der Waals surface area contributed by atoms with E-state index in [2.05, 4.69) is 42.6 Å². The summed E-state index contributed by atoms with van der Waals surface area (Å²) in [6.07, 6.45) is 2.53. The molecule has 0 bridgehead atoms. The highest BCUT2D eigenvalue weighted by Crippen LogP contribution is 2.49. The number of anilines is 1. The van der Waals surface area contributed by atoms with Crippen molar-refractivity contribution in [3.05, 3.63) is 59.2 Å². The molecule has 120 valence electrons. The SMILES string of the molecule is COc1ccc([C@@H]2Nc3ccc(C)cc3[C@@H]3OCCC[C@@H]23)cc1. The molecule has 1 fully saturated rings. The molecule has 0 radical (unpaired) electrons. The fourth-order valence-electron chi connectivity index (χ4n) is 3.93. The van der Waals surface area contributed by atoms with E-state index in [-0.39, 0.29) is 6.10 Å². The van der Waals surface area contributed by atoms with E-state index in [1.165, 1.54) is 28.8 Å². The summed E-state index contributed by atoms with van der Waals surface area (Å²) in [6.45, 7) is 3.01. The molecule has 4 rings (SSSR count). The molecule has 0 amide bonds. The van der Waals surface area contributed by atoms with Crippen molar-refractivity contribution >= 4 is 5.69 Å². The molecule has 1 N–H and O–H groups in total. The molecule has 0 saturated carbocycles. The Morgan fingerprint density at radius 3 is 2.74 bits per heavy atom. The van der Waals surface area contributed by atoms with Crippen LogP contribution >= 0.6 is 0 Å². The van der Waals surface area contributed by atoms with Gasteiger partial charge in [-0.25, -0.2) is 0 Å². The van der Waals surface area contributed by atoms with Gasteiger partial charge in [-0.1, -0.05) is 29.8 Å². The van der Waals surface area contributed by atoms with Crippen molar-refractivity contribution in [3.63, 3.8) is 0 Å². The van der Waals surface area contributed by atoms with Gasteiger partial charge in [0, 0.05) is 23.8 Å². The minimum absolute atomic E-state index is 0.201. The lowest BCUT2D eigenvalue weighted by molar-refractivity contribution is -0.0381. The van der Waals surface area contributed by atoms with Crippen LogP contribution < -0.4 is 10.1 Å². The molecule has 2 aromatic carbocycles. The standard InChI is InChI=1S/C20H23NO2/c1-13-5-10-18-17(12-13)20-16(4-3-11-23-20)19(21-18)14-6-8-15(22-2)9-7-14/h5-10,12,16,19-21H,3-4,11H2,1-2H3/t16-,19-,20+/m0/s1. The number of nitrogens with one attached hydrogen (secondary N) is 1. The number of ether oxygens (including phenoxy) is 2. The van der Waals surface area contributed by atoms with Crippen molar-refractivity contribution in [1.29, 1.82) is 0 Å². The number of aryl methyl sites for hydroxylation is 1. The smallest absolute Gasteiger partial charge is 0.118 e. The summed E-state index contributed by atoms with van der Waals surface area (Å²) in [6, 6.07) is 15.3. The quantitative estimate of drug-likeness (QED) is 0.876. The molecule has 0 spiro atoms. The second-order valence-electron chi connectivity index (χ2n) is 6.58. The van der Waals surface area contributed by atoms with E-state index in [0.717, 1.165) is 18.8 Å². The molecule has 0 aromatic heterocycles. The molecule has 2 heterocycles. The Balaban J connectivity index is 1.73. The van der Waals surface area contributed by atoms with Crippen LogP contribution in [0.4, 0.5) is 5.69 Å². The second kappa shape index (κ2) is 5.89. The van der Waals surface area contributed by atoms with Gasteiger partial charge in [-0.2, -0.15) is 0 Å². The number of rotatable bonds is 2. The lowest BCUT2D eigenvalue weighted by atomic mass is 9.77. The van der Waals surface area contributed by atoms with Crippen LogP contribution in [0, 0.1) is 12.8 Å². The van der Waals surface area contributed by atoms with Crippen molar-refractivity contribution in [2.45, 2.75) is 31.9 Å². The maximum Gasteiger partial charge on any atom is 0.118 e. The Morgan fingerprint density at radius 2 is 1.96 bits per heavy atom. The molecule has 23 heavy (non-hydrogen) atoms. The van der Waals surface area contributed by atoms with E-state index in [4.69, 9.17) is 9.47 Å². The fourth-order valence-corrected chi connectivity index (χ4v) is 3.93. The third-order valence-electron chi connectivity index (χ3n) is 5.10. The van der Waals surface area contributed by atoms with E-state index in [9.17, 15) is 0 Å². The summed E-state index contributed by atoms with van der Waals surface area (Å²) in [5, 5.41) is 3.76. The molecule has 2 aliphatic heterocycles. The van der Waals surface area contributed by atoms with Crippen molar-refractivity contribution in [3.8, 4) is 5.75 Å².